The smallest absolute Gasteiger partial charge is 0.346 e. The zero-order chi connectivity index (χ0) is 20.4. The van der Waals surface area contributed by atoms with Crippen molar-refractivity contribution in [2.45, 2.75) is 31.8 Å². The van der Waals surface area contributed by atoms with E-state index in [0.29, 0.717) is 32.5 Å². The lowest BCUT2D eigenvalue weighted by Crippen LogP contribution is -2.52. The molecule has 6 nitrogen and oxygen atoms in total. The zero-order valence-electron chi connectivity index (χ0n) is 15.6. The molecule has 0 saturated carbocycles. The third kappa shape index (κ3) is 2.27. The molecule has 1 aromatic heterocycles. The number of carboxylic acids is 1. The van der Waals surface area contributed by atoms with Crippen molar-refractivity contribution in [3.63, 3.8) is 0 Å². The average molecular weight is 395 g/mol. The number of carbonyl (C=O) groups is 2. The summed E-state index contributed by atoms with van der Waals surface area (Å²) >= 11 is 1.04. The second-order valence-electron chi connectivity index (χ2n) is 7.21. The largest absolute Gasteiger partial charge is 0.477 e. The van der Waals surface area contributed by atoms with Gasteiger partial charge in [0.05, 0.1) is 10.7 Å². The summed E-state index contributed by atoms with van der Waals surface area (Å²) in [6.07, 6.45) is 0.870. The minimum absolute atomic E-state index is 0.0371. The van der Waals surface area contributed by atoms with Gasteiger partial charge in [0.1, 0.15) is 10.4 Å². The summed E-state index contributed by atoms with van der Waals surface area (Å²) in [6, 6.07) is 8.10. The van der Waals surface area contributed by atoms with E-state index in [0.717, 1.165) is 28.9 Å². The summed E-state index contributed by atoms with van der Waals surface area (Å²) in [6.45, 7) is 3.98. The Morgan fingerprint density at radius 2 is 1.93 bits per heavy atom. The van der Waals surface area contributed by atoms with Gasteiger partial charge in [0.2, 0.25) is 0 Å². The Kier molecular flexibility index (Phi) is 4.08. The number of aromatic carboxylic acids is 1. The van der Waals surface area contributed by atoms with E-state index < -0.39 is 23.3 Å². The van der Waals surface area contributed by atoms with Crippen molar-refractivity contribution in [1.82, 2.24) is 0 Å². The number of anilines is 1. The van der Waals surface area contributed by atoms with Crippen LogP contribution in [0.3, 0.4) is 0 Å². The Hall–Kier alpha value is -2.74. The summed E-state index contributed by atoms with van der Waals surface area (Å²) in [5.74, 6) is -1.54. The Bertz CT molecular complexity index is 1170. The van der Waals surface area contributed by atoms with Crippen molar-refractivity contribution in [1.29, 1.82) is 0 Å². The molecule has 0 bridgehead atoms. The molecule has 3 aromatic rings. The van der Waals surface area contributed by atoms with Crippen LogP contribution in [0.1, 0.15) is 50.5 Å². The Morgan fingerprint density at radius 1 is 1.25 bits per heavy atom. The lowest BCUT2D eigenvalue weighted by Gasteiger charge is -2.37. The predicted molar refractivity (Wildman–Crippen MR) is 111 cm³/mol. The number of rotatable bonds is 3. The van der Waals surface area contributed by atoms with Gasteiger partial charge in [0.15, 0.2) is 5.78 Å². The van der Waals surface area contributed by atoms with Gasteiger partial charge in [-0.05, 0) is 41.7 Å². The van der Waals surface area contributed by atoms with Crippen LogP contribution in [0, 0.1) is 6.92 Å². The van der Waals surface area contributed by atoms with E-state index in [2.05, 4.69) is 6.92 Å². The minimum Gasteiger partial charge on any atom is -0.477 e. The normalized spacial score (nSPS) is 21.3. The third-order valence-electron chi connectivity index (χ3n) is 5.63. The molecule has 1 aliphatic carbocycles. The highest BCUT2D eigenvalue weighted by atomic mass is 32.1. The molecule has 7 N–H and O–H groups in total. The molecule has 2 aromatic carbocycles. The van der Waals surface area contributed by atoms with Crippen LogP contribution in [0.25, 0.3) is 10.1 Å². The van der Waals surface area contributed by atoms with Gasteiger partial charge >= 0.3 is 5.97 Å². The number of benzene rings is 2. The molecule has 7 heteroatoms. The maximum absolute atomic E-state index is 13.4. The lowest BCUT2D eigenvalue weighted by molar-refractivity contribution is -0.124. The van der Waals surface area contributed by atoms with Gasteiger partial charge < -0.3 is 22.3 Å². The number of nitrogens with two attached hydrogens (primary N) is 3. The minimum atomic E-state index is -1.47. The van der Waals surface area contributed by atoms with Crippen LogP contribution in [-0.4, -0.2) is 16.9 Å². The van der Waals surface area contributed by atoms with Gasteiger partial charge in [0, 0.05) is 16.6 Å². The van der Waals surface area contributed by atoms with Crippen LogP contribution in [0.4, 0.5) is 5.69 Å². The summed E-state index contributed by atoms with van der Waals surface area (Å²) < 4.78 is 0.602. The lowest BCUT2D eigenvalue weighted by atomic mass is 9.69. The number of nitrogen functional groups attached to an aromatic ring is 1. The molecule has 2 unspecified atom stereocenters. The third-order valence-corrected chi connectivity index (χ3v) is 6.87. The fourth-order valence-electron chi connectivity index (χ4n) is 4.21. The van der Waals surface area contributed by atoms with Crippen LogP contribution in [0.15, 0.2) is 30.3 Å². The molecule has 144 valence electrons. The van der Waals surface area contributed by atoms with Crippen LogP contribution >= 0.6 is 11.3 Å². The number of ketones is 1. The highest BCUT2D eigenvalue weighted by Crippen LogP contribution is 2.49. The number of carboxylic acid groups (broad SMARTS) is 1. The molecule has 4 rings (SSSR count). The fraction of sp³-hybridized carbons (Fsp3) is 0.238. The van der Waals surface area contributed by atoms with Gasteiger partial charge in [0.25, 0.3) is 0 Å². The standard InChI is InChI=1S/C21H21N3O3S/c1-3-10-4-5-11(9(2)8-10)21(24)12-6-7-13(22)17-14(12)15(16(23)19(21)25)18(28-17)20(26)27/h4-8,16H,3,22-24H2,1-2H3,(H,26,27). The van der Waals surface area contributed by atoms with Crippen molar-refractivity contribution in [3.8, 4) is 0 Å². The van der Waals surface area contributed by atoms with Crippen LogP contribution in [0.2, 0.25) is 0 Å². The molecule has 0 radical (unpaired) electrons. The van der Waals surface area contributed by atoms with E-state index >= 15 is 0 Å². The number of Topliss-reactive ketones (excluding diaryl/α,β-unsaturated/α-hetero) is 1. The second kappa shape index (κ2) is 6.13. The molecule has 1 aliphatic rings. The highest BCUT2D eigenvalue weighted by Gasteiger charge is 2.49. The molecule has 1 heterocycles. The number of carbonyl (C=O) groups excluding carboxylic acids is 1. The Labute approximate surface area is 165 Å². The highest BCUT2D eigenvalue weighted by molar-refractivity contribution is 7.21. The zero-order valence-corrected chi connectivity index (χ0v) is 16.4. The Morgan fingerprint density at radius 3 is 2.54 bits per heavy atom. The quantitative estimate of drug-likeness (QED) is 0.504. The van der Waals surface area contributed by atoms with Gasteiger partial charge in [-0.15, -0.1) is 11.3 Å². The fourth-order valence-corrected chi connectivity index (χ4v) is 5.34. The molecule has 0 saturated heterocycles. The van der Waals surface area contributed by atoms with E-state index in [1.807, 2.05) is 25.1 Å². The summed E-state index contributed by atoms with van der Waals surface area (Å²) in [5.41, 5.74) is 21.7. The maximum atomic E-state index is 13.4. The average Bonchev–Trinajstić information content (AvgIpc) is 3.07. The molecular formula is C21H21N3O3S. The maximum Gasteiger partial charge on any atom is 0.346 e. The van der Waals surface area contributed by atoms with Gasteiger partial charge in [-0.1, -0.05) is 31.2 Å². The molecular weight excluding hydrogens is 374 g/mol. The van der Waals surface area contributed by atoms with Crippen LogP contribution in [0.5, 0.6) is 0 Å². The van der Waals surface area contributed by atoms with Crippen molar-refractivity contribution in [2.75, 3.05) is 5.73 Å². The predicted octanol–water partition coefficient (Wildman–Crippen LogP) is 2.84. The molecule has 2 atom stereocenters. The number of hydrogen-bond acceptors (Lipinski definition) is 6. The molecule has 0 spiro atoms. The van der Waals surface area contributed by atoms with Gasteiger partial charge in [-0.25, -0.2) is 4.79 Å². The van der Waals surface area contributed by atoms with Gasteiger partial charge in [-0.3, -0.25) is 4.79 Å². The summed E-state index contributed by atoms with van der Waals surface area (Å²) in [5, 5.41) is 10.2. The number of aryl methyl sites for hydroxylation is 2. The van der Waals surface area contributed by atoms with Crippen molar-refractivity contribution in [2.24, 2.45) is 11.5 Å². The van der Waals surface area contributed by atoms with Crippen LogP contribution in [-0.2, 0) is 16.8 Å². The van der Waals surface area contributed by atoms with E-state index in [4.69, 9.17) is 17.2 Å². The molecule has 0 aliphatic heterocycles. The van der Waals surface area contributed by atoms with E-state index in [-0.39, 0.29) is 4.88 Å². The van der Waals surface area contributed by atoms with E-state index in [1.54, 1.807) is 12.1 Å². The first-order valence-corrected chi connectivity index (χ1v) is 9.80. The topological polar surface area (TPSA) is 132 Å². The van der Waals surface area contributed by atoms with Gasteiger partial charge in [-0.2, -0.15) is 0 Å². The van der Waals surface area contributed by atoms with Crippen molar-refractivity contribution in [3.05, 3.63) is 63.0 Å². The first-order chi connectivity index (χ1) is 13.2. The Balaban J connectivity index is 2.12. The van der Waals surface area contributed by atoms with Crippen LogP contribution < -0.4 is 17.2 Å². The second-order valence-corrected chi connectivity index (χ2v) is 8.23. The molecule has 28 heavy (non-hydrogen) atoms. The molecule has 0 amide bonds. The summed E-state index contributed by atoms with van der Waals surface area (Å²) in [4.78, 5) is 25.3. The first-order valence-electron chi connectivity index (χ1n) is 8.99. The first kappa shape index (κ1) is 18.6. The monoisotopic (exact) mass is 395 g/mol. The van der Waals surface area contributed by atoms with E-state index in [1.165, 1.54) is 0 Å². The number of thiophene rings is 1. The van der Waals surface area contributed by atoms with E-state index in [9.17, 15) is 14.7 Å². The van der Waals surface area contributed by atoms with Crippen molar-refractivity contribution < 1.29 is 14.7 Å². The molecule has 0 fully saturated rings. The number of hydrogen-bond donors (Lipinski definition) is 4. The summed E-state index contributed by atoms with van der Waals surface area (Å²) in [7, 11) is 0. The SMILES string of the molecule is CCc1ccc(C2(N)C(=O)C(N)c3c(C(=O)O)sc4c(N)ccc2c34)c(C)c1. The van der Waals surface area contributed by atoms with Crippen molar-refractivity contribution >= 4 is 38.9 Å².